The lowest BCUT2D eigenvalue weighted by atomic mass is 10.0. The first-order valence-electron chi connectivity index (χ1n) is 14.1. The van der Waals surface area contributed by atoms with Gasteiger partial charge >= 0.3 is 0 Å². The highest BCUT2D eigenvalue weighted by molar-refractivity contribution is 7.92. The summed E-state index contributed by atoms with van der Waals surface area (Å²) in [6.45, 7) is 4.57. The van der Waals surface area contributed by atoms with Crippen molar-refractivity contribution >= 4 is 50.7 Å². The zero-order valence-electron chi connectivity index (χ0n) is 24.9. The number of amides is 2. The molecule has 0 aliphatic heterocycles. The molecule has 11 heteroatoms. The Bertz CT molecular complexity index is 1490. The number of ether oxygens (including phenoxy) is 1. The Labute approximate surface area is 265 Å². The maximum absolute atomic E-state index is 14.0. The Morgan fingerprint density at radius 2 is 1.65 bits per heavy atom. The number of halogens is 2. The Morgan fingerprint density at radius 3 is 2.28 bits per heavy atom. The van der Waals surface area contributed by atoms with Crippen LogP contribution in [0.1, 0.15) is 37.8 Å². The van der Waals surface area contributed by atoms with Gasteiger partial charge in [-0.25, -0.2) is 8.42 Å². The van der Waals surface area contributed by atoms with Crippen LogP contribution >= 0.6 is 23.2 Å². The van der Waals surface area contributed by atoms with Gasteiger partial charge in [-0.15, -0.1) is 0 Å². The van der Waals surface area contributed by atoms with E-state index < -0.39 is 16.1 Å². The lowest BCUT2D eigenvalue weighted by molar-refractivity contribution is -0.141. The van der Waals surface area contributed by atoms with Crippen molar-refractivity contribution in [2.75, 3.05) is 30.8 Å². The van der Waals surface area contributed by atoms with Crippen molar-refractivity contribution in [2.24, 2.45) is 5.92 Å². The number of benzene rings is 3. The standard InChI is InChI=1S/C32H39Cl2N3O5S/c1-23(2)21-35-32(39)29(19-24-11-6-5-7-12-24)36(22-25-16-17-26(33)20-27(25)34)31(38)15-10-18-37(43(4,40)41)28-13-8-9-14-30(28)42-3/h5-9,11-14,16-17,20,23,29H,10,15,18-19,21-22H2,1-4H3,(H,35,39)/t29-/m0/s1. The summed E-state index contributed by atoms with van der Waals surface area (Å²) in [5.74, 6) is 0.0408. The molecule has 2 amide bonds. The molecule has 0 aliphatic carbocycles. The van der Waals surface area contributed by atoms with Crippen LogP contribution in [0.15, 0.2) is 72.8 Å². The number of methoxy groups -OCH3 is 1. The second-order valence-electron chi connectivity index (χ2n) is 10.7. The lowest BCUT2D eigenvalue weighted by Gasteiger charge is -2.32. The molecule has 0 saturated carbocycles. The van der Waals surface area contributed by atoms with Gasteiger partial charge in [0.25, 0.3) is 0 Å². The lowest BCUT2D eigenvalue weighted by Crippen LogP contribution is -2.51. The molecule has 1 atom stereocenters. The van der Waals surface area contributed by atoms with Crippen molar-refractivity contribution in [1.82, 2.24) is 10.2 Å². The minimum absolute atomic E-state index is 0.00483. The maximum atomic E-state index is 14.0. The van der Waals surface area contributed by atoms with Crippen LogP contribution in [0.2, 0.25) is 10.0 Å². The zero-order valence-corrected chi connectivity index (χ0v) is 27.3. The van der Waals surface area contributed by atoms with Crippen molar-refractivity contribution in [1.29, 1.82) is 0 Å². The van der Waals surface area contributed by atoms with E-state index in [1.165, 1.54) is 16.3 Å². The summed E-state index contributed by atoms with van der Waals surface area (Å²) in [7, 11) is -2.21. The second kappa shape index (κ2) is 16.0. The summed E-state index contributed by atoms with van der Waals surface area (Å²) >= 11 is 12.6. The summed E-state index contributed by atoms with van der Waals surface area (Å²) in [6.07, 6.45) is 1.61. The molecule has 0 aliphatic rings. The topological polar surface area (TPSA) is 96.0 Å². The van der Waals surface area contributed by atoms with Gasteiger partial charge in [0, 0.05) is 42.5 Å². The molecule has 3 aromatic rings. The van der Waals surface area contributed by atoms with E-state index in [0.29, 0.717) is 40.0 Å². The molecule has 0 unspecified atom stereocenters. The van der Waals surface area contributed by atoms with E-state index >= 15 is 0 Å². The third-order valence-corrected chi connectivity index (χ3v) is 8.58. The fourth-order valence-corrected chi connectivity index (χ4v) is 6.07. The van der Waals surface area contributed by atoms with Gasteiger partial charge in [-0.1, -0.05) is 85.6 Å². The van der Waals surface area contributed by atoms with Crippen LogP contribution in [0.3, 0.4) is 0 Å². The van der Waals surface area contributed by atoms with Gasteiger partial charge in [-0.3, -0.25) is 13.9 Å². The largest absolute Gasteiger partial charge is 0.495 e. The minimum Gasteiger partial charge on any atom is -0.495 e. The van der Waals surface area contributed by atoms with Crippen LogP contribution in [0.5, 0.6) is 5.75 Å². The highest BCUT2D eigenvalue weighted by atomic mass is 35.5. The number of nitrogens with zero attached hydrogens (tertiary/aromatic N) is 2. The quantitative estimate of drug-likeness (QED) is 0.220. The summed E-state index contributed by atoms with van der Waals surface area (Å²) in [5, 5.41) is 3.83. The summed E-state index contributed by atoms with van der Waals surface area (Å²) in [4.78, 5) is 29.1. The number of carbonyl (C=O) groups is 2. The van der Waals surface area contributed by atoms with Crippen LogP contribution < -0.4 is 14.4 Å². The van der Waals surface area contributed by atoms with E-state index in [-0.39, 0.29) is 43.7 Å². The molecule has 0 spiro atoms. The van der Waals surface area contributed by atoms with Crippen molar-refractivity contribution < 1.29 is 22.7 Å². The molecule has 232 valence electrons. The first kappa shape index (κ1) is 34.2. The highest BCUT2D eigenvalue weighted by Gasteiger charge is 2.31. The molecular weight excluding hydrogens is 609 g/mol. The number of carbonyl (C=O) groups excluding carboxylic acids is 2. The number of hydrogen-bond donors (Lipinski definition) is 1. The normalized spacial score (nSPS) is 12.1. The smallest absolute Gasteiger partial charge is 0.243 e. The van der Waals surface area contributed by atoms with E-state index in [9.17, 15) is 18.0 Å². The average molecular weight is 649 g/mol. The van der Waals surface area contributed by atoms with E-state index in [1.807, 2.05) is 44.2 Å². The summed E-state index contributed by atoms with van der Waals surface area (Å²) < 4.78 is 32.1. The van der Waals surface area contributed by atoms with Gasteiger partial charge in [-0.2, -0.15) is 0 Å². The van der Waals surface area contributed by atoms with Gasteiger partial charge in [0.05, 0.1) is 19.1 Å². The second-order valence-corrected chi connectivity index (χ2v) is 13.5. The van der Waals surface area contributed by atoms with Gasteiger partial charge < -0.3 is 15.0 Å². The third-order valence-electron chi connectivity index (χ3n) is 6.82. The van der Waals surface area contributed by atoms with Gasteiger partial charge in [0.15, 0.2) is 0 Å². The van der Waals surface area contributed by atoms with Gasteiger partial charge in [0.2, 0.25) is 21.8 Å². The summed E-state index contributed by atoms with van der Waals surface area (Å²) in [6, 6.07) is 20.5. The predicted molar refractivity (Wildman–Crippen MR) is 173 cm³/mol. The first-order chi connectivity index (χ1) is 20.4. The van der Waals surface area contributed by atoms with Crippen LogP contribution in [-0.4, -0.2) is 57.6 Å². The van der Waals surface area contributed by atoms with Crippen LogP contribution in [0, 0.1) is 5.92 Å². The SMILES string of the molecule is COc1ccccc1N(CCCC(=O)N(Cc1ccc(Cl)cc1Cl)[C@@H](Cc1ccccc1)C(=O)NCC(C)C)S(C)(=O)=O. The molecule has 0 fully saturated rings. The Kier molecular flexibility index (Phi) is 12.7. The molecule has 0 radical (unpaired) electrons. The van der Waals surface area contributed by atoms with Crippen LogP contribution in [0.4, 0.5) is 5.69 Å². The Morgan fingerprint density at radius 1 is 0.977 bits per heavy atom. The minimum atomic E-state index is -3.68. The molecule has 43 heavy (non-hydrogen) atoms. The molecule has 0 aromatic heterocycles. The fraction of sp³-hybridized carbons (Fsp3) is 0.375. The number of para-hydroxylation sites is 2. The third kappa shape index (κ3) is 10.2. The number of nitrogens with one attached hydrogen (secondary N) is 1. The molecule has 0 heterocycles. The Hall–Kier alpha value is -3.27. The molecule has 3 aromatic carbocycles. The molecule has 1 N–H and O–H groups in total. The van der Waals surface area contributed by atoms with Crippen molar-refractivity contribution in [3.8, 4) is 5.75 Å². The number of hydrogen-bond acceptors (Lipinski definition) is 5. The van der Waals surface area contributed by atoms with Crippen molar-refractivity contribution in [2.45, 2.75) is 45.7 Å². The molecule has 0 bridgehead atoms. The van der Waals surface area contributed by atoms with Crippen LogP contribution in [0.25, 0.3) is 0 Å². The monoisotopic (exact) mass is 647 g/mol. The van der Waals surface area contributed by atoms with E-state index in [4.69, 9.17) is 27.9 Å². The van der Waals surface area contributed by atoms with Gasteiger partial charge in [0.1, 0.15) is 11.8 Å². The van der Waals surface area contributed by atoms with Crippen molar-refractivity contribution in [3.05, 3.63) is 94.0 Å². The molecule has 8 nitrogen and oxygen atoms in total. The maximum Gasteiger partial charge on any atom is 0.243 e. The number of sulfonamides is 1. The molecule has 3 rings (SSSR count). The highest BCUT2D eigenvalue weighted by Crippen LogP contribution is 2.30. The molecular formula is C32H39Cl2N3O5S. The summed E-state index contributed by atoms with van der Waals surface area (Å²) in [5.41, 5.74) is 1.92. The average Bonchev–Trinajstić information content (AvgIpc) is 2.96. The number of anilines is 1. The van der Waals surface area contributed by atoms with Crippen LogP contribution in [-0.2, 0) is 32.6 Å². The zero-order chi connectivity index (χ0) is 31.6. The first-order valence-corrected chi connectivity index (χ1v) is 16.7. The van der Waals surface area contributed by atoms with E-state index in [0.717, 1.165) is 11.8 Å². The predicted octanol–water partition coefficient (Wildman–Crippen LogP) is 5.96. The van der Waals surface area contributed by atoms with E-state index in [1.54, 1.807) is 42.5 Å². The van der Waals surface area contributed by atoms with Crippen molar-refractivity contribution in [3.63, 3.8) is 0 Å². The Balaban J connectivity index is 1.92. The van der Waals surface area contributed by atoms with E-state index in [2.05, 4.69) is 5.32 Å². The van der Waals surface area contributed by atoms with Gasteiger partial charge in [-0.05, 0) is 47.7 Å². The number of rotatable bonds is 15. The molecule has 0 saturated heterocycles. The fourth-order valence-electron chi connectivity index (χ4n) is 4.63.